The zero-order valence-electron chi connectivity index (χ0n) is 23.4. The van der Waals surface area contributed by atoms with Gasteiger partial charge >= 0.3 is 5.69 Å². The van der Waals surface area contributed by atoms with Crippen LogP contribution in [0.1, 0.15) is 33.7 Å². The molecular formula is C31H36ClF2N5O4. The summed E-state index contributed by atoms with van der Waals surface area (Å²) in [6.07, 6.45) is 2.19. The number of hydrogen-bond acceptors (Lipinski definition) is 7. The first-order valence-corrected chi connectivity index (χ1v) is 14.4. The van der Waals surface area contributed by atoms with E-state index < -0.39 is 23.4 Å². The number of benzene rings is 2. The highest BCUT2D eigenvalue weighted by molar-refractivity contribution is 6.35. The lowest BCUT2D eigenvalue weighted by Crippen LogP contribution is -2.58. The Hall–Kier alpha value is -3.54. The summed E-state index contributed by atoms with van der Waals surface area (Å²) >= 11 is 6.82. The number of anilines is 1. The highest BCUT2D eigenvalue weighted by Crippen LogP contribution is 2.47. The Labute approximate surface area is 254 Å². The summed E-state index contributed by atoms with van der Waals surface area (Å²) in [5, 5.41) is 3.99. The van der Waals surface area contributed by atoms with Crippen molar-refractivity contribution >= 4 is 34.2 Å². The second-order valence-corrected chi connectivity index (χ2v) is 11.5. The fraction of sp³-hybridized carbons (Fsp3) is 0.452. The van der Waals surface area contributed by atoms with Crippen LogP contribution in [-0.4, -0.2) is 77.9 Å². The van der Waals surface area contributed by atoms with Gasteiger partial charge in [0.1, 0.15) is 24.1 Å². The summed E-state index contributed by atoms with van der Waals surface area (Å²) in [5.74, 6) is -1.06. The molecular weight excluding hydrogens is 580 g/mol. The molecule has 1 aromatic heterocycles. The molecule has 0 saturated carbocycles. The molecule has 0 spiro atoms. The van der Waals surface area contributed by atoms with Crippen LogP contribution in [0.15, 0.2) is 41.7 Å². The summed E-state index contributed by atoms with van der Waals surface area (Å²) in [5.41, 5.74) is 0.203. The number of halogens is 3. The molecule has 0 aliphatic carbocycles. The summed E-state index contributed by atoms with van der Waals surface area (Å²) < 4.78 is 42.8. The molecule has 1 unspecified atom stereocenters. The van der Waals surface area contributed by atoms with E-state index in [0.717, 1.165) is 31.6 Å². The molecule has 4 atom stereocenters. The molecule has 1 N–H and O–H groups in total. The second-order valence-electron chi connectivity index (χ2n) is 11.1. The van der Waals surface area contributed by atoms with Gasteiger partial charge in [0.2, 0.25) is 5.91 Å². The lowest BCUT2D eigenvalue weighted by Gasteiger charge is -2.45. The van der Waals surface area contributed by atoms with E-state index in [2.05, 4.69) is 16.9 Å². The van der Waals surface area contributed by atoms with Crippen molar-refractivity contribution in [1.82, 2.24) is 19.8 Å². The van der Waals surface area contributed by atoms with Crippen LogP contribution in [0.2, 0.25) is 5.02 Å². The van der Waals surface area contributed by atoms with Crippen molar-refractivity contribution in [1.29, 1.82) is 0 Å². The maximum atomic E-state index is 15.1. The van der Waals surface area contributed by atoms with Gasteiger partial charge in [0.15, 0.2) is 5.75 Å². The molecule has 1 amide bonds. The zero-order chi connectivity index (χ0) is 29.7. The van der Waals surface area contributed by atoms with Gasteiger partial charge in [-0.1, -0.05) is 25.6 Å². The number of ether oxygens (including phenoxy) is 2. The van der Waals surface area contributed by atoms with Crippen molar-refractivity contribution in [3.8, 4) is 16.9 Å². The molecule has 3 aromatic rings. The topological polar surface area (TPSA) is 88.9 Å². The number of amides is 1. The Morgan fingerprint density at radius 2 is 2.05 bits per heavy atom. The molecule has 12 heteroatoms. The number of nitrogens with zero attached hydrogens (tertiary/aromatic N) is 4. The summed E-state index contributed by atoms with van der Waals surface area (Å²) in [6.45, 7) is 10.2. The molecule has 2 fully saturated rings. The van der Waals surface area contributed by atoms with Crippen molar-refractivity contribution in [3.63, 3.8) is 0 Å². The first-order chi connectivity index (χ1) is 20.2. The number of piperazine rings is 1. The molecule has 0 bridgehead atoms. The first-order valence-electron chi connectivity index (χ1n) is 14.1. The molecule has 2 saturated heterocycles. The third-order valence-electron chi connectivity index (χ3n) is 8.34. The van der Waals surface area contributed by atoms with Crippen LogP contribution in [0, 0.1) is 11.6 Å². The van der Waals surface area contributed by atoms with Gasteiger partial charge < -0.3 is 24.6 Å². The maximum absolute atomic E-state index is 15.1. The van der Waals surface area contributed by atoms with Crippen LogP contribution < -0.4 is 20.6 Å². The number of hydrogen-bond donors (Lipinski definition) is 1. The minimum Gasteiger partial charge on any atom is -0.488 e. The quantitative estimate of drug-likeness (QED) is 0.407. The van der Waals surface area contributed by atoms with E-state index in [1.807, 2.05) is 18.7 Å². The molecule has 4 heterocycles. The maximum Gasteiger partial charge on any atom is 0.350 e. The van der Waals surface area contributed by atoms with E-state index in [1.54, 1.807) is 15.5 Å². The Kier molecular flexibility index (Phi) is 8.78. The molecule has 230 valence electrons. The van der Waals surface area contributed by atoms with Crippen molar-refractivity contribution in [2.24, 2.45) is 0 Å². The summed E-state index contributed by atoms with van der Waals surface area (Å²) in [4.78, 5) is 34.6. The monoisotopic (exact) mass is 615 g/mol. The normalized spacial score (nSPS) is 23.2. The van der Waals surface area contributed by atoms with E-state index in [1.165, 1.54) is 12.1 Å². The van der Waals surface area contributed by atoms with Gasteiger partial charge in [-0.25, -0.2) is 13.6 Å². The minimum absolute atomic E-state index is 0. The molecule has 3 aliphatic rings. The van der Waals surface area contributed by atoms with Crippen LogP contribution in [0.5, 0.6) is 5.75 Å². The molecule has 2 aromatic carbocycles. The lowest BCUT2D eigenvalue weighted by atomic mass is 9.99. The Morgan fingerprint density at radius 3 is 2.74 bits per heavy atom. The number of rotatable bonds is 6. The van der Waals surface area contributed by atoms with Crippen LogP contribution >= 0.6 is 11.6 Å². The predicted octanol–water partition coefficient (Wildman–Crippen LogP) is 4.55. The van der Waals surface area contributed by atoms with Crippen LogP contribution in [0.4, 0.5) is 14.6 Å². The number of carbonyl (C=O) groups is 1. The van der Waals surface area contributed by atoms with Crippen LogP contribution in [0.3, 0.4) is 0 Å². The average molecular weight is 616 g/mol. The van der Waals surface area contributed by atoms with Crippen LogP contribution in [-0.2, 0) is 9.53 Å². The highest BCUT2D eigenvalue weighted by atomic mass is 35.5. The second kappa shape index (κ2) is 12.2. The molecule has 9 nitrogen and oxygen atoms in total. The van der Waals surface area contributed by atoms with Crippen molar-refractivity contribution in [3.05, 3.63) is 64.1 Å². The Morgan fingerprint density at radius 1 is 1.26 bits per heavy atom. The van der Waals surface area contributed by atoms with Crippen molar-refractivity contribution < 1.29 is 23.0 Å². The third-order valence-corrected chi connectivity index (χ3v) is 8.64. The summed E-state index contributed by atoms with van der Waals surface area (Å²) in [7, 11) is 0. The van der Waals surface area contributed by atoms with E-state index in [4.69, 9.17) is 21.1 Å². The van der Waals surface area contributed by atoms with Crippen molar-refractivity contribution in [2.75, 3.05) is 44.3 Å². The van der Waals surface area contributed by atoms with Crippen LogP contribution in [0.25, 0.3) is 22.0 Å². The van der Waals surface area contributed by atoms with Gasteiger partial charge in [0.05, 0.1) is 29.3 Å². The zero-order valence-corrected chi connectivity index (χ0v) is 24.2. The number of carbonyl (C=O) groups excluding carboxylic acids is 1. The first kappa shape index (κ1) is 30.9. The van der Waals surface area contributed by atoms with Gasteiger partial charge in [-0.05, 0) is 51.1 Å². The van der Waals surface area contributed by atoms with Gasteiger partial charge in [0.25, 0.3) is 0 Å². The van der Waals surface area contributed by atoms with E-state index in [9.17, 15) is 14.0 Å². The number of aromatic nitrogens is 2. The van der Waals surface area contributed by atoms with E-state index >= 15 is 4.39 Å². The summed E-state index contributed by atoms with van der Waals surface area (Å²) in [6, 6.07) is 4.05. The molecule has 43 heavy (non-hydrogen) atoms. The van der Waals surface area contributed by atoms with E-state index in [0.29, 0.717) is 29.8 Å². The molecule has 3 aliphatic heterocycles. The van der Waals surface area contributed by atoms with Crippen molar-refractivity contribution in [2.45, 2.75) is 51.9 Å². The lowest BCUT2D eigenvalue weighted by molar-refractivity contribution is -0.128. The third kappa shape index (κ3) is 5.49. The fourth-order valence-corrected chi connectivity index (χ4v) is 6.50. The standard InChI is InChI=1S/C30H32ClF2N5O4.CH4/c1-4-25(39)36-12-17(3)37(13-16(36)2)29-22-10-23(31)26(21-6-5-18(32)9-24(21)33)28-27(22)38(30(40)35-29)19(15-42-28)14-41-20-7-8-34-11-20;/h4-6,9-10,16-17,19-20,34H,1,7-8,11-15H2,2-3H3;1H4/t16-,17+,19-,20?;/m1./s1. The Balaban J connectivity index is 0.00000368. The number of nitrogens with one attached hydrogen (secondary N) is 1. The van der Waals surface area contributed by atoms with Gasteiger partial charge in [-0.2, -0.15) is 4.98 Å². The highest BCUT2D eigenvalue weighted by Gasteiger charge is 2.36. The van der Waals surface area contributed by atoms with Gasteiger partial charge in [-0.3, -0.25) is 9.36 Å². The molecule has 6 rings (SSSR count). The van der Waals surface area contributed by atoms with Gasteiger partial charge in [-0.15, -0.1) is 0 Å². The fourth-order valence-electron chi connectivity index (χ4n) is 6.21. The predicted molar refractivity (Wildman–Crippen MR) is 163 cm³/mol. The minimum atomic E-state index is -0.802. The van der Waals surface area contributed by atoms with Gasteiger partial charge in [0, 0.05) is 54.3 Å². The SMILES string of the molecule is C.C=CC(=O)N1C[C@H](C)N(c2nc(=O)n3c4c(c(-c5ccc(F)cc5F)c(Cl)cc24)OC[C@H]3COC2CCNC2)C[C@H]1C. The smallest absolute Gasteiger partial charge is 0.350 e. The average Bonchev–Trinajstić information content (AvgIpc) is 3.49. The van der Waals surface area contributed by atoms with E-state index in [-0.39, 0.29) is 66.6 Å². The Bertz CT molecular complexity index is 1630. The largest absolute Gasteiger partial charge is 0.488 e. The molecule has 0 radical (unpaired) electrons.